The van der Waals surface area contributed by atoms with Crippen LogP contribution in [0.1, 0.15) is 32.1 Å². The van der Waals surface area contributed by atoms with Crippen LogP contribution in [-0.4, -0.2) is 28.8 Å². The smallest absolute Gasteiger partial charge is 0.137 e. The number of hydrogen-bond acceptors (Lipinski definition) is 2. The van der Waals surface area contributed by atoms with Gasteiger partial charge in [-0.3, -0.25) is 9.69 Å². The number of alkyl halides is 1. The number of nitrogens with zero attached hydrogens (tertiary/aromatic N) is 1. The first kappa shape index (κ1) is 8.52. The van der Waals surface area contributed by atoms with Crippen LogP contribution in [0.2, 0.25) is 0 Å². The van der Waals surface area contributed by atoms with Gasteiger partial charge in [-0.25, -0.2) is 0 Å². The third kappa shape index (κ3) is 1.50. The van der Waals surface area contributed by atoms with Gasteiger partial charge in [0.05, 0.1) is 5.50 Å². The predicted octanol–water partition coefficient (Wildman–Crippen LogP) is 1.77. The number of piperidine rings is 2. The summed E-state index contributed by atoms with van der Waals surface area (Å²) in [5.41, 5.74) is -0.0171. The molecule has 0 amide bonds. The number of halogens is 1. The molecule has 0 aliphatic carbocycles. The zero-order valence-electron chi connectivity index (χ0n) is 7.13. The van der Waals surface area contributed by atoms with Gasteiger partial charge in [0, 0.05) is 18.9 Å². The standard InChI is InChI=1S/C9H14ClNO/c10-9-6-8(12)5-7-3-1-2-4-11(7)9/h7,9H,1-6H2. The van der Waals surface area contributed by atoms with Gasteiger partial charge in [0.1, 0.15) is 5.78 Å². The second-order valence-electron chi connectivity index (χ2n) is 3.77. The topological polar surface area (TPSA) is 20.3 Å². The monoisotopic (exact) mass is 187 g/mol. The van der Waals surface area contributed by atoms with Gasteiger partial charge in [-0.05, 0) is 19.4 Å². The van der Waals surface area contributed by atoms with Crippen molar-refractivity contribution >= 4 is 17.4 Å². The fourth-order valence-corrected chi connectivity index (χ4v) is 2.69. The Labute approximate surface area is 77.9 Å². The SMILES string of the molecule is O=C1CC(Cl)N2CCCCC2C1. The van der Waals surface area contributed by atoms with Crippen molar-refractivity contribution in [2.24, 2.45) is 0 Å². The van der Waals surface area contributed by atoms with Crippen LogP contribution >= 0.6 is 11.6 Å². The Morgan fingerprint density at radius 2 is 2.17 bits per heavy atom. The maximum absolute atomic E-state index is 11.2. The number of ketones is 1. The molecule has 2 aliphatic heterocycles. The molecule has 3 heteroatoms. The van der Waals surface area contributed by atoms with Crippen molar-refractivity contribution in [3.63, 3.8) is 0 Å². The molecule has 68 valence electrons. The normalized spacial score (nSPS) is 37.9. The molecule has 0 aromatic carbocycles. The Hall–Kier alpha value is -0.0800. The summed E-state index contributed by atoms with van der Waals surface area (Å²) in [4.78, 5) is 13.5. The predicted molar refractivity (Wildman–Crippen MR) is 48.2 cm³/mol. The molecule has 2 rings (SSSR count). The zero-order chi connectivity index (χ0) is 8.55. The number of carbonyl (C=O) groups is 1. The van der Waals surface area contributed by atoms with E-state index in [1.807, 2.05) is 0 Å². The van der Waals surface area contributed by atoms with Crippen LogP contribution in [0.4, 0.5) is 0 Å². The van der Waals surface area contributed by atoms with Gasteiger partial charge >= 0.3 is 0 Å². The van der Waals surface area contributed by atoms with Crippen molar-refractivity contribution in [1.29, 1.82) is 0 Å². The van der Waals surface area contributed by atoms with E-state index in [4.69, 9.17) is 11.6 Å². The summed E-state index contributed by atoms with van der Waals surface area (Å²) < 4.78 is 0. The molecule has 2 saturated heterocycles. The van der Waals surface area contributed by atoms with Crippen LogP contribution < -0.4 is 0 Å². The quantitative estimate of drug-likeness (QED) is 0.426. The third-order valence-electron chi connectivity index (χ3n) is 2.89. The van der Waals surface area contributed by atoms with Crippen molar-refractivity contribution in [3.05, 3.63) is 0 Å². The minimum absolute atomic E-state index is 0.0171. The van der Waals surface area contributed by atoms with Gasteiger partial charge in [0.2, 0.25) is 0 Å². The van der Waals surface area contributed by atoms with Gasteiger partial charge in [0.15, 0.2) is 0 Å². The van der Waals surface area contributed by atoms with Crippen LogP contribution in [-0.2, 0) is 4.79 Å². The molecule has 0 N–H and O–H groups in total. The fraction of sp³-hybridized carbons (Fsp3) is 0.889. The number of hydrogen-bond donors (Lipinski definition) is 0. The molecule has 0 radical (unpaired) electrons. The molecule has 0 aromatic rings. The Kier molecular flexibility index (Phi) is 2.37. The first-order chi connectivity index (χ1) is 5.77. The molecule has 2 atom stereocenters. The molecule has 2 heterocycles. The maximum atomic E-state index is 11.2. The van der Waals surface area contributed by atoms with Gasteiger partial charge in [0.25, 0.3) is 0 Å². The molecule has 2 unspecified atom stereocenters. The third-order valence-corrected chi connectivity index (χ3v) is 3.30. The number of rotatable bonds is 0. The van der Waals surface area contributed by atoms with Gasteiger partial charge in [-0.15, -0.1) is 11.6 Å². The van der Waals surface area contributed by atoms with Crippen molar-refractivity contribution in [2.75, 3.05) is 6.54 Å². The summed E-state index contributed by atoms with van der Waals surface area (Å²) in [6.07, 6.45) is 4.96. The van der Waals surface area contributed by atoms with Crippen LogP contribution in [0.25, 0.3) is 0 Å². The van der Waals surface area contributed by atoms with E-state index in [0.29, 0.717) is 18.2 Å². The highest BCUT2D eigenvalue weighted by atomic mass is 35.5. The fourth-order valence-electron chi connectivity index (χ4n) is 2.26. The molecule has 0 spiro atoms. The molecule has 12 heavy (non-hydrogen) atoms. The lowest BCUT2D eigenvalue weighted by atomic mass is 9.92. The average Bonchev–Trinajstić information content (AvgIpc) is 2.04. The van der Waals surface area contributed by atoms with Crippen molar-refractivity contribution in [3.8, 4) is 0 Å². The second kappa shape index (κ2) is 3.35. The Morgan fingerprint density at radius 3 is 3.00 bits per heavy atom. The highest BCUT2D eigenvalue weighted by molar-refractivity contribution is 6.21. The summed E-state index contributed by atoms with van der Waals surface area (Å²) in [6.45, 7) is 1.09. The van der Waals surface area contributed by atoms with Crippen molar-refractivity contribution in [2.45, 2.75) is 43.6 Å². The summed E-state index contributed by atoms with van der Waals surface area (Å²) in [5.74, 6) is 0.346. The van der Waals surface area contributed by atoms with E-state index in [9.17, 15) is 4.79 Å². The zero-order valence-corrected chi connectivity index (χ0v) is 7.89. The van der Waals surface area contributed by atoms with E-state index >= 15 is 0 Å². The lowest BCUT2D eigenvalue weighted by Gasteiger charge is -2.41. The molecular formula is C9H14ClNO. The summed E-state index contributed by atoms with van der Waals surface area (Å²) in [7, 11) is 0. The van der Waals surface area contributed by atoms with Crippen molar-refractivity contribution < 1.29 is 4.79 Å². The molecule has 2 fully saturated rings. The second-order valence-corrected chi connectivity index (χ2v) is 4.27. The van der Waals surface area contributed by atoms with Crippen LogP contribution in [0.5, 0.6) is 0 Å². The van der Waals surface area contributed by atoms with E-state index in [-0.39, 0.29) is 5.50 Å². The van der Waals surface area contributed by atoms with E-state index in [1.54, 1.807) is 0 Å². The average molecular weight is 188 g/mol. The van der Waals surface area contributed by atoms with Gasteiger partial charge in [-0.2, -0.15) is 0 Å². The summed E-state index contributed by atoms with van der Waals surface area (Å²) in [5, 5.41) is 0. The number of Topliss-reactive ketones (excluding diaryl/α,β-unsaturated/α-hetero) is 1. The lowest BCUT2D eigenvalue weighted by molar-refractivity contribution is -0.124. The molecular weight excluding hydrogens is 174 g/mol. The maximum Gasteiger partial charge on any atom is 0.137 e. The first-order valence-corrected chi connectivity index (χ1v) is 5.12. The van der Waals surface area contributed by atoms with Crippen LogP contribution in [0, 0.1) is 0 Å². The summed E-state index contributed by atoms with van der Waals surface area (Å²) in [6, 6.07) is 0.461. The highest BCUT2D eigenvalue weighted by Crippen LogP contribution is 2.29. The Bertz CT molecular complexity index is 195. The van der Waals surface area contributed by atoms with E-state index < -0.39 is 0 Å². The Balaban J connectivity index is 2.06. The molecule has 2 aliphatic rings. The van der Waals surface area contributed by atoms with Crippen LogP contribution in [0.15, 0.2) is 0 Å². The van der Waals surface area contributed by atoms with Gasteiger partial charge in [-0.1, -0.05) is 6.42 Å². The highest BCUT2D eigenvalue weighted by Gasteiger charge is 2.34. The largest absolute Gasteiger partial charge is 0.300 e. The molecule has 2 nitrogen and oxygen atoms in total. The van der Waals surface area contributed by atoms with Gasteiger partial charge < -0.3 is 0 Å². The van der Waals surface area contributed by atoms with E-state index in [0.717, 1.165) is 19.4 Å². The van der Waals surface area contributed by atoms with Crippen LogP contribution in [0.3, 0.4) is 0 Å². The first-order valence-electron chi connectivity index (χ1n) is 4.69. The lowest BCUT2D eigenvalue weighted by Crippen LogP contribution is -2.49. The van der Waals surface area contributed by atoms with Crippen molar-refractivity contribution in [1.82, 2.24) is 4.90 Å². The summed E-state index contributed by atoms with van der Waals surface area (Å²) >= 11 is 6.09. The molecule has 0 aromatic heterocycles. The number of carbonyl (C=O) groups excluding carboxylic acids is 1. The number of fused-ring (bicyclic) bond motifs is 1. The minimum Gasteiger partial charge on any atom is -0.300 e. The van der Waals surface area contributed by atoms with E-state index in [1.165, 1.54) is 12.8 Å². The Morgan fingerprint density at radius 1 is 1.33 bits per heavy atom. The molecule has 0 saturated carbocycles. The molecule has 0 bridgehead atoms. The minimum atomic E-state index is -0.0171. The van der Waals surface area contributed by atoms with E-state index in [2.05, 4.69) is 4.90 Å².